The van der Waals surface area contributed by atoms with Crippen molar-refractivity contribution in [2.45, 2.75) is 37.9 Å². The first-order chi connectivity index (χ1) is 17.7. The Morgan fingerprint density at radius 2 is 1.49 bits per heavy atom. The highest BCUT2D eigenvalue weighted by Gasteiger charge is 2.38. The third kappa shape index (κ3) is 6.36. The Hall–Kier alpha value is -3.27. The Morgan fingerprint density at radius 3 is 2.00 bits per heavy atom. The molecule has 1 heterocycles. The third-order valence-electron chi connectivity index (χ3n) is 7.19. The van der Waals surface area contributed by atoms with Gasteiger partial charge in [0.2, 0.25) is 5.91 Å². The molecular weight excluding hydrogens is 487 g/mol. The second kappa shape index (κ2) is 11.4. The zero-order chi connectivity index (χ0) is 26.6. The molecule has 2 aromatic rings. The molecule has 37 heavy (non-hydrogen) atoms. The largest absolute Gasteiger partial charge is 0.497 e. The van der Waals surface area contributed by atoms with E-state index in [2.05, 4.69) is 10.2 Å². The molecule has 2 aliphatic rings. The first kappa shape index (κ1) is 26.8. The van der Waals surface area contributed by atoms with Crippen LogP contribution in [0.3, 0.4) is 0 Å². The molecule has 2 amide bonds. The molecule has 0 aromatic heterocycles. The second-order valence-electron chi connectivity index (χ2n) is 9.48. The van der Waals surface area contributed by atoms with E-state index >= 15 is 0 Å². The van der Waals surface area contributed by atoms with E-state index in [1.54, 1.807) is 37.3 Å². The van der Waals surface area contributed by atoms with Crippen molar-refractivity contribution in [3.05, 3.63) is 53.6 Å². The van der Waals surface area contributed by atoms with Crippen molar-refractivity contribution < 1.29 is 32.2 Å². The summed E-state index contributed by atoms with van der Waals surface area (Å²) in [6.07, 6.45) is -0.366. The predicted octanol–water partition coefficient (Wildman–Crippen LogP) is 4.68. The van der Waals surface area contributed by atoms with Crippen LogP contribution in [-0.2, 0) is 11.0 Å². The highest BCUT2D eigenvalue weighted by molar-refractivity contribution is 5.96. The Labute approximate surface area is 214 Å². The van der Waals surface area contributed by atoms with E-state index in [9.17, 15) is 22.8 Å². The molecule has 1 saturated heterocycles. The number of nitrogens with one attached hydrogen (secondary N) is 1. The molecule has 0 bridgehead atoms. The van der Waals surface area contributed by atoms with Crippen LogP contribution in [0, 0.1) is 5.92 Å². The molecule has 0 radical (unpaired) electrons. The van der Waals surface area contributed by atoms with Crippen LogP contribution in [0.1, 0.15) is 41.6 Å². The highest BCUT2D eigenvalue weighted by atomic mass is 19.4. The van der Waals surface area contributed by atoms with Crippen LogP contribution in [0.4, 0.5) is 18.9 Å². The van der Waals surface area contributed by atoms with E-state index in [1.807, 2.05) is 0 Å². The molecule has 200 valence electrons. The van der Waals surface area contributed by atoms with Crippen LogP contribution in [0.5, 0.6) is 11.5 Å². The van der Waals surface area contributed by atoms with E-state index in [0.29, 0.717) is 43.4 Å². The molecule has 0 spiro atoms. The first-order valence-corrected chi connectivity index (χ1v) is 12.4. The topological polar surface area (TPSA) is 71.1 Å². The summed E-state index contributed by atoms with van der Waals surface area (Å²) in [5.41, 5.74) is 0.0202. The summed E-state index contributed by atoms with van der Waals surface area (Å²) in [6, 6.07) is 9.16. The fourth-order valence-corrected chi connectivity index (χ4v) is 5.23. The monoisotopic (exact) mass is 519 g/mol. The second-order valence-corrected chi connectivity index (χ2v) is 9.48. The lowest BCUT2D eigenvalue weighted by atomic mass is 9.94. The summed E-state index contributed by atoms with van der Waals surface area (Å²) >= 11 is 0. The van der Waals surface area contributed by atoms with E-state index < -0.39 is 11.7 Å². The molecule has 4 rings (SSSR count). The van der Waals surface area contributed by atoms with Crippen LogP contribution in [0.15, 0.2) is 42.5 Å². The van der Waals surface area contributed by atoms with Gasteiger partial charge in [-0.3, -0.25) is 14.5 Å². The quantitative estimate of drug-likeness (QED) is 0.576. The standard InChI is InChI=1S/C27H32F3N3O4/c1-36-22-15-21(16-23(17-22)37-2)31-25(34)24(18-5-3-4-6-18)32-11-13-33(14-12-32)26(35)19-7-9-20(10-8-19)27(28,29)30/h7-10,15-18,24H,3-6,11-14H2,1-2H3,(H,31,34)/t24-/m1/s1. The number of amides is 2. The lowest BCUT2D eigenvalue weighted by Gasteiger charge is -2.40. The fraction of sp³-hybridized carbons (Fsp3) is 0.481. The number of benzene rings is 2. The van der Waals surface area contributed by atoms with Crippen molar-refractivity contribution in [2.24, 2.45) is 5.92 Å². The van der Waals surface area contributed by atoms with Gasteiger partial charge in [0.25, 0.3) is 5.91 Å². The van der Waals surface area contributed by atoms with Gasteiger partial charge in [-0.05, 0) is 43.0 Å². The Morgan fingerprint density at radius 1 is 0.919 bits per heavy atom. The first-order valence-electron chi connectivity index (χ1n) is 12.4. The number of methoxy groups -OCH3 is 2. The Kier molecular flexibility index (Phi) is 8.26. The predicted molar refractivity (Wildman–Crippen MR) is 133 cm³/mol. The molecule has 1 aliphatic heterocycles. The number of nitrogens with zero attached hydrogens (tertiary/aromatic N) is 2. The van der Waals surface area contributed by atoms with E-state index in [0.717, 1.165) is 37.8 Å². The summed E-state index contributed by atoms with van der Waals surface area (Å²) in [5.74, 6) is 0.943. The van der Waals surface area contributed by atoms with Gasteiger partial charge in [0, 0.05) is 55.6 Å². The molecule has 10 heteroatoms. The summed E-state index contributed by atoms with van der Waals surface area (Å²) in [6.45, 7) is 1.79. The van der Waals surface area contributed by atoms with Crippen LogP contribution < -0.4 is 14.8 Å². The molecule has 2 aromatic carbocycles. The number of halogens is 3. The number of hydrogen-bond donors (Lipinski definition) is 1. The summed E-state index contributed by atoms with van der Waals surface area (Å²) in [7, 11) is 3.10. The fourth-order valence-electron chi connectivity index (χ4n) is 5.23. The summed E-state index contributed by atoms with van der Waals surface area (Å²) < 4.78 is 49.2. The number of carbonyl (C=O) groups is 2. The number of carbonyl (C=O) groups excluding carboxylic acids is 2. The number of piperazine rings is 1. The van der Waals surface area contributed by atoms with Gasteiger partial charge < -0.3 is 19.7 Å². The van der Waals surface area contributed by atoms with Gasteiger partial charge in [-0.2, -0.15) is 13.2 Å². The van der Waals surface area contributed by atoms with Gasteiger partial charge in [0.05, 0.1) is 25.8 Å². The van der Waals surface area contributed by atoms with Gasteiger partial charge in [-0.15, -0.1) is 0 Å². The molecule has 1 N–H and O–H groups in total. The van der Waals surface area contributed by atoms with Gasteiger partial charge in [-0.1, -0.05) is 12.8 Å². The molecule has 1 saturated carbocycles. The van der Waals surface area contributed by atoms with Gasteiger partial charge in [0.1, 0.15) is 11.5 Å². The number of ether oxygens (including phenoxy) is 2. The Bertz CT molecular complexity index is 1070. The average molecular weight is 520 g/mol. The number of hydrogen-bond acceptors (Lipinski definition) is 5. The lowest BCUT2D eigenvalue weighted by Crippen LogP contribution is -2.56. The molecule has 1 aliphatic carbocycles. The number of alkyl halides is 3. The highest BCUT2D eigenvalue weighted by Crippen LogP contribution is 2.33. The summed E-state index contributed by atoms with van der Waals surface area (Å²) in [4.78, 5) is 30.2. The Balaban J connectivity index is 1.43. The normalized spacial score (nSPS) is 17.9. The number of rotatable bonds is 7. The molecule has 7 nitrogen and oxygen atoms in total. The van der Waals surface area contributed by atoms with Crippen molar-refractivity contribution in [2.75, 3.05) is 45.7 Å². The van der Waals surface area contributed by atoms with Crippen molar-refractivity contribution in [1.82, 2.24) is 9.80 Å². The lowest BCUT2D eigenvalue weighted by molar-refractivity contribution is -0.137. The van der Waals surface area contributed by atoms with Gasteiger partial charge in [0.15, 0.2) is 0 Å². The van der Waals surface area contributed by atoms with Crippen LogP contribution in [0.2, 0.25) is 0 Å². The van der Waals surface area contributed by atoms with Crippen molar-refractivity contribution in [3.8, 4) is 11.5 Å². The van der Waals surface area contributed by atoms with Crippen LogP contribution in [-0.4, -0.2) is 68.1 Å². The van der Waals surface area contributed by atoms with E-state index in [4.69, 9.17) is 9.47 Å². The van der Waals surface area contributed by atoms with Gasteiger partial charge in [-0.25, -0.2) is 0 Å². The average Bonchev–Trinajstić information content (AvgIpc) is 3.42. The minimum Gasteiger partial charge on any atom is -0.497 e. The zero-order valence-corrected chi connectivity index (χ0v) is 21.0. The molecule has 2 fully saturated rings. The SMILES string of the molecule is COc1cc(NC(=O)[C@@H](C2CCCC2)N2CCN(C(=O)c3ccc(C(F)(F)F)cc3)CC2)cc(OC)c1. The van der Waals surface area contributed by atoms with Crippen molar-refractivity contribution in [3.63, 3.8) is 0 Å². The third-order valence-corrected chi connectivity index (χ3v) is 7.19. The maximum absolute atomic E-state index is 13.5. The van der Waals surface area contributed by atoms with Crippen molar-refractivity contribution >= 4 is 17.5 Å². The van der Waals surface area contributed by atoms with E-state index in [1.165, 1.54) is 12.1 Å². The van der Waals surface area contributed by atoms with Crippen LogP contribution >= 0.6 is 0 Å². The maximum Gasteiger partial charge on any atom is 0.416 e. The van der Waals surface area contributed by atoms with Crippen molar-refractivity contribution in [1.29, 1.82) is 0 Å². The maximum atomic E-state index is 13.5. The smallest absolute Gasteiger partial charge is 0.416 e. The summed E-state index contributed by atoms with van der Waals surface area (Å²) in [5, 5.41) is 3.03. The minimum absolute atomic E-state index is 0.107. The minimum atomic E-state index is -4.45. The zero-order valence-electron chi connectivity index (χ0n) is 21.0. The van der Waals surface area contributed by atoms with E-state index in [-0.39, 0.29) is 29.3 Å². The van der Waals surface area contributed by atoms with Crippen LogP contribution in [0.25, 0.3) is 0 Å². The molecule has 1 atom stereocenters. The van der Waals surface area contributed by atoms with Gasteiger partial charge >= 0.3 is 6.18 Å². The molecular formula is C27H32F3N3O4. The molecule has 0 unspecified atom stereocenters. The number of anilines is 1.